The number of fused-ring (bicyclic) bond motifs is 3. The van der Waals surface area contributed by atoms with E-state index in [1.165, 1.54) is 19.3 Å². The summed E-state index contributed by atoms with van der Waals surface area (Å²) in [5.41, 5.74) is 3.50. The number of aromatic nitrogens is 2. The zero-order chi connectivity index (χ0) is 24.9. The van der Waals surface area contributed by atoms with Gasteiger partial charge in [0, 0.05) is 36.0 Å². The van der Waals surface area contributed by atoms with E-state index in [0.717, 1.165) is 27.6 Å². The molecule has 4 aromatic rings. The van der Waals surface area contributed by atoms with E-state index in [0.29, 0.717) is 22.7 Å². The van der Waals surface area contributed by atoms with Gasteiger partial charge in [-0.25, -0.2) is 4.98 Å². The second-order valence-corrected chi connectivity index (χ2v) is 7.86. The van der Waals surface area contributed by atoms with Gasteiger partial charge in [-0.3, -0.25) is 9.59 Å². The van der Waals surface area contributed by atoms with Crippen LogP contribution in [0.1, 0.15) is 21.7 Å². The van der Waals surface area contributed by atoms with E-state index in [9.17, 15) is 14.7 Å². The van der Waals surface area contributed by atoms with Gasteiger partial charge < -0.3 is 30.2 Å². The second-order valence-electron chi connectivity index (χ2n) is 7.86. The molecule has 0 unspecified atom stereocenters. The summed E-state index contributed by atoms with van der Waals surface area (Å²) >= 11 is 0. The molecule has 0 radical (unpaired) electrons. The van der Waals surface area contributed by atoms with E-state index in [-0.39, 0.29) is 30.7 Å². The van der Waals surface area contributed by atoms with Gasteiger partial charge >= 0.3 is 0 Å². The first-order valence-corrected chi connectivity index (χ1v) is 11.0. The summed E-state index contributed by atoms with van der Waals surface area (Å²) in [6.07, 6.45) is 2.98. The maximum atomic E-state index is 12.7. The number of ether oxygens (including phenoxy) is 2. The number of H-pyrrole nitrogens is 1. The summed E-state index contributed by atoms with van der Waals surface area (Å²) in [4.78, 5) is 32.5. The van der Waals surface area contributed by atoms with Gasteiger partial charge in [0.25, 0.3) is 5.91 Å². The van der Waals surface area contributed by atoms with Crippen molar-refractivity contribution in [2.24, 2.45) is 0 Å². The highest BCUT2D eigenvalue weighted by atomic mass is 16.5. The molecule has 9 heteroatoms. The lowest BCUT2D eigenvalue weighted by molar-refractivity contribution is -0.116. The van der Waals surface area contributed by atoms with Crippen LogP contribution in [0, 0.1) is 6.92 Å². The van der Waals surface area contributed by atoms with Crippen molar-refractivity contribution in [1.82, 2.24) is 20.6 Å². The predicted molar refractivity (Wildman–Crippen MR) is 134 cm³/mol. The Balaban J connectivity index is 1.35. The van der Waals surface area contributed by atoms with Crippen LogP contribution in [0.5, 0.6) is 17.2 Å². The monoisotopic (exact) mass is 474 g/mol. The molecular formula is C26H26N4O5. The number of nitrogens with zero attached hydrogens (tertiary/aromatic N) is 1. The quantitative estimate of drug-likeness (QED) is 0.229. The Kier molecular flexibility index (Phi) is 6.86. The third-order valence-corrected chi connectivity index (χ3v) is 5.55. The molecule has 2 amide bonds. The summed E-state index contributed by atoms with van der Waals surface area (Å²) in [5.74, 6) is 0.463. The van der Waals surface area contributed by atoms with Gasteiger partial charge in [-0.15, -0.1) is 0 Å². The van der Waals surface area contributed by atoms with E-state index >= 15 is 0 Å². The van der Waals surface area contributed by atoms with Crippen molar-refractivity contribution < 1.29 is 24.2 Å². The SMILES string of the molecule is COc1ccc2c(c1)[nH]c1c(C)nc(C(=O)NCCNC(=O)/C=C/c3ccc(O)c(OC)c3)cc12. The zero-order valence-electron chi connectivity index (χ0n) is 19.6. The summed E-state index contributed by atoms with van der Waals surface area (Å²) in [5, 5.41) is 17.0. The average molecular weight is 475 g/mol. The first-order valence-electron chi connectivity index (χ1n) is 11.0. The standard InChI is InChI=1S/C26H26N4O5/c1-15-25-19(18-7-6-17(34-2)13-20(18)30-25)14-21(29-15)26(33)28-11-10-27-24(32)9-5-16-4-8-22(31)23(12-16)35-3/h4-9,12-14,30-31H,10-11H2,1-3H3,(H,27,32)(H,28,33)/b9-5+. The molecular weight excluding hydrogens is 448 g/mol. The molecule has 2 heterocycles. The van der Waals surface area contributed by atoms with Crippen molar-refractivity contribution >= 4 is 39.7 Å². The Morgan fingerprint density at radius 1 is 1.03 bits per heavy atom. The Morgan fingerprint density at radius 2 is 1.83 bits per heavy atom. The van der Waals surface area contributed by atoms with Crippen LogP contribution in [0.15, 0.2) is 48.5 Å². The zero-order valence-corrected chi connectivity index (χ0v) is 19.6. The smallest absolute Gasteiger partial charge is 0.269 e. The van der Waals surface area contributed by atoms with E-state index < -0.39 is 0 Å². The maximum absolute atomic E-state index is 12.7. The molecule has 0 atom stereocenters. The fourth-order valence-electron chi connectivity index (χ4n) is 3.76. The Bertz CT molecular complexity index is 1440. The molecule has 2 aromatic carbocycles. The second kappa shape index (κ2) is 10.2. The molecule has 9 nitrogen and oxygen atoms in total. The van der Waals surface area contributed by atoms with Crippen molar-refractivity contribution in [3.8, 4) is 17.2 Å². The van der Waals surface area contributed by atoms with E-state index in [4.69, 9.17) is 9.47 Å². The summed E-state index contributed by atoms with van der Waals surface area (Å²) < 4.78 is 10.3. The van der Waals surface area contributed by atoms with Crippen molar-refractivity contribution in [3.63, 3.8) is 0 Å². The summed E-state index contributed by atoms with van der Waals surface area (Å²) in [6, 6.07) is 12.3. The number of hydrogen-bond donors (Lipinski definition) is 4. The molecule has 0 fully saturated rings. The van der Waals surface area contributed by atoms with E-state index in [1.807, 2.05) is 25.1 Å². The van der Waals surface area contributed by atoms with Gasteiger partial charge in [0.15, 0.2) is 11.5 Å². The highest BCUT2D eigenvalue weighted by Crippen LogP contribution is 2.30. The minimum Gasteiger partial charge on any atom is -0.504 e. The van der Waals surface area contributed by atoms with Gasteiger partial charge in [0.2, 0.25) is 5.91 Å². The minimum absolute atomic E-state index is 0.0265. The molecule has 0 aliphatic rings. The summed E-state index contributed by atoms with van der Waals surface area (Å²) in [6.45, 7) is 2.35. The highest BCUT2D eigenvalue weighted by molar-refractivity contribution is 6.10. The Hall–Kier alpha value is -4.53. The number of phenolic OH excluding ortho intramolecular Hbond substituents is 1. The van der Waals surface area contributed by atoms with Crippen LogP contribution in [0.25, 0.3) is 27.9 Å². The minimum atomic E-state index is -0.321. The number of aromatic hydroxyl groups is 1. The van der Waals surface area contributed by atoms with Gasteiger partial charge in [-0.2, -0.15) is 0 Å². The van der Waals surface area contributed by atoms with E-state index in [1.54, 1.807) is 31.4 Å². The molecule has 35 heavy (non-hydrogen) atoms. The average Bonchev–Trinajstić information content (AvgIpc) is 3.24. The Labute approximate surface area is 201 Å². The topological polar surface area (TPSA) is 126 Å². The van der Waals surface area contributed by atoms with Crippen LogP contribution in [-0.4, -0.2) is 54.2 Å². The number of carbonyl (C=O) groups excluding carboxylic acids is 2. The fourth-order valence-corrected chi connectivity index (χ4v) is 3.76. The van der Waals surface area contributed by atoms with Gasteiger partial charge in [-0.1, -0.05) is 6.07 Å². The number of aromatic amines is 1. The molecule has 4 rings (SSSR count). The van der Waals surface area contributed by atoms with Crippen molar-refractivity contribution in [1.29, 1.82) is 0 Å². The van der Waals surface area contributed by atoms with E-state index in [2.05, 4.69) is 20.6 Å². The fraction of sp³-hybridized carbons (Fsp3) is 0.192. The molecule has 0 saturated carbocycles. The number of pyridine rings is 1. The van der Waals surface area contributed by atoms with Gasteiger partial charge in [0.05, 0.1) is 30.9 Å². The molecule has 4 N–H and O–H groups in total. The highest BCUT2D eigenvalue weighted by Gasteiger charge is 2.14. The number of hydrogen-bond acceptors (Lipinski definition) is 6. The van der Waals surface area contributed by atoms with Gasteiger partial charge in [-0.05, 0) is 48.9 Å². The number of nitrogens with one attached hydrogen (secondary N) is 3. The van der Waals surface area contributed by atoms with Crippen LogP contribution in [0.4, 0.5) is 0 Å². The van der Waals surface area contributed by atoms with Crippen LogP contribution in [-0.2, 0) is 4.79 Å². The normalized spacial score (nSPS) is 11.2. The first-order chi connectivity index (χ1) is 16.9. The molecule has 180 valence electrons. The lowest BCUT2D eigenvalue weighted by atomic mass is 10.1. The van der Waals surface area contributed by atoms with Crippen molar-refractivity contribution in [3.05, 3.63) is 65.5 Å². The van der Waals surface area contributed by atoms with Crippen LogP contribution < -0.4 is 20.1 Å². The third kappa shape index (κ3) is 5.19. The maximum Gasteiger partial charge on any atom is 0.269 e. The van der Waals surface area contributed by atoms with Crippen molar-refractivity contribution in [2.75, 3.05) is 27.3 Å². The van der Waals surface area contributed by atoms with Crippen LogP contribution in [0.2, 0.25) is 0 Å². The largest absolute Gasteiger partial charge is 0.504 e. The molecule has 0 bridgehead atoms. The van der Waals surface area contributed by atoms with Crippen LogP contribution in [0.3, 0.4) is 0 Å². The number of aryl methyl sites for hydroxylation is 1. The molecule has 0 saturated heterocycles. The summed E-state index contributed by atoms with van der Waals surface area (Å²) in [7, 11) is 3.07. The van der Waals surface area contributed by atoms with Gasteiger partial charge in [0.1, 0.15) is 11.4 Å². The lowest BCUT2D eigenvalue weighted by Gasteiger charge is -2.07. The number of phenols is 1. The predicted octanol–water partition coefficient (Wildman–Crippen LogP) is 3.31. The van der Waals surface area contributed by atoms with Crippen molar-refractivity contribution in [2.45, 2.75) is 6.92 Å². The number of carbonyl (C=O) groups is 2. The number of rotatable bonds is 8. The number of benzene rings is 2. The lowest BCUT2D eigenvalue weighted by Crippen LogP contribution is -2.34. The number of amides is 2. The number of methoxy groups -OCH3 is 2. The molecule has 0 aliphatic heterocycles. The Morgan fingerprint density at radius 3 is 2.60 bits per heavy atom. The first kappa shape index (κ1) is 23.6. The molecule has 0 spiro atoms. The van der Waals surface area contributed by atoms with Crippen LogP contribution >= 0.6 is 0 Å². The third-order valence-electron chi connectivity index (χ3n) is 5.55. The molecule has 2 aromatic heterocycles. The molecule has 0 aliphatic carbocycles.